The molecular weight excluding hydrogens is 1700 g/mol. The Morgan fingerprint density at radius 3 is 1.25 bits per heavy atom. The van der Waals surface area contributed by atoms with Crippen LogP contribution < -0.4 is 38.5 Å². The van der Waals surface area contributed by atoms with Gasteiger partial charge in [-0.05, 0) is 243 Å². The van der Waals surface area contributed by atoms with Crippen LogP contribution in [0.25, 0.3) is 40.9 Å². The monoisotopic (exact) mass is 1780 g/mol. The number of rotatable bonds is 26. The van der Waals surface area contributed by atoms with Gasteiger partial charge in [0.1, 0.15) is 38.1 Å². The van der Waals surface area contributed by atoms with Gasteiger partial charge in [0, 0.05) is 41.4 Å². The molecule has 522 valence electrons. The number of aromatic nitrogens is 4. The van der Waals surface area contributed by atoms with Crippen molar-refractivity contribution in [1.82, 2.24) is 19.9 Å². The van der Waals surface area contributed by atoms with E-state index in [9.17, 15) is 19.2 Å². The number of ketones is 3. The summed E-state index contributed by atoms with van der Waals surface area (Å²) < 4.78 is 44.8. The Bertz CT molecular complexity index is 4810. The molecule has 12 rings (SSSR count). The van der Waals surface area contributed by atoms with Gasteiger partial charge in [0.05, 0.1) is 110 Å². The van der Waals surface area contributed by atoms with Crippen molar-refractivity contribution in [2.45, 2.75) is 85.0 Å². The lowest BCUT2D eigenvalue weighted by atomic mass is 10.0. The lowest BCUT2D eigenvalue weighted by molar-refractivity contribution is -0.119. The second-order valence-corrected chi connectivity index (χ2v) is 30.9. The van der Waals surface area contributed by atoms with Crippen LogP contribution in [0.15, 0.2) is 146 Å². The maximum atomic E-state index is 12.4. The Morgan fingerprint density at radius 2 is 0.770 bits per heavy atom. The van der Waals surface area contributed by atoms with E-state index < -0.39 is 0 Å². The lowest BCUT2D eigenvalue weighted by Crippen LogP contribution is -2.12. The van der Waals surface area contributed by atoms with Crippen LogP contribution in [0.4, 0.5) is 5.13 Å². The summed E-state index contributed by atoms with van der Waals surface area (Å²) in [4.78, 5) is 67.2. The van der Waals surface area contributed by atoms with E-state index in [0.717, 1.165) is 114 Å². The zero-order valence-corrected chi connectivity index (χ0v) is 66.1. The molecule has 16 nitrogen and oxygen atoms in total. The van der Waals surface area contributed by atoms with Crippen molar-refractivity contribution >= 4 is 194 Å². The number of hydrogen-bond donors (Lipinski definition) is 1. The second kappa shape index (κ2) is 38.8. The molecule has 12 aromatic rings. The van der Waals surface area contributed by atoms with Crippen LogP contribution in [0, 0.1) is 17.6 Å². The maximum absolute atomic E-state index is 12.4. The molecule has 0 saturated carbocycles. The highest BCUT2D eigenvalue weighted by Gasteiger charge is 2.17. The van der Waals surface area contributed by atoms with Crippen LogP contribution in [0.1, 0.15) is 76.0 Å². The summed E-state index contributed by atoms with van der Waals surface area (Å²) in [6.45, 7) is 1.99. The van der Waals surface area contributed by atoms with Crippen LogP contribution in [0.2, 0.25) is 5.02 Å². The first-order valence-corrected chi connectivity index (χ1v) is 38.0. The average Bonchev–Trinajstić information content (AvgIpc) is 1.69. The van der Waals surface area contributed by atoms with Crippen molar-refractivity contribution in [2.24, 2.45) is 0 Å². The molecule has 0 atom stereocenters. The van der Waals surface area contributed by atoms with E-state index in [1.807, 2.05) is 128 Å². The number of benzene rings is 8. The number of halogens is 4. The van der Waals surface area contributed by atoms with Crippen LogP contribution in [-0.2, 0) is 64.1 Å². The Balaban J connectivity index is 0.000000169. The predicted molar refractivity (Wildman–Crippen MR) is 433 cm³/mol. The van der Waals surface area contributed by atoms with Gasteiger partial charge in [-0.15, -0.1) is 34.0 Å². The van der Waals surface area contributed by atoms with Gasteiger partial charge in [-0.3, -0.25) is 19.2 Å². The van der Waals surface area contributed by atoms with Gasteiger partial charge in [0.25, 0.3) is 0 Å². The Hall–Kier alpha value is -7.12. The fraction of sp³-hybridized carbons (Fsp3) is 0.263. The largest absolute Gasteiger partial charge is 0.496 e. The first-order chi connectivity index (χ1) is 47.8. The zero-order valence-electron chi connectivity index (χ0n) is 55.6. The first-order valence-electron chi connectivity index (χ1n) is 31.1. The molecular formula is C76H75ClI3N5O11S4. The first kappa shape index (κ1) is 78.6. The van der Waals surface area contributed by atoms with E-state index >= 15 is 0 Å². The maximum Gasteiger partial charge on any atom is 0.226 e. The summed E-state index contributed by atoms with van der Waals surface area (Å²) >= 11 is 19.0. The van der Waals surface area contributed by atoms with Crippen LogP contribution in [-0.4, -0.2) is 93.0 Å². The van der Waals surface area contributed by atoms with Crippen LogP contribution in [0.5, 0.6) is 40.2 Å². The lowest BCUT2D eigenvalue weighted by Gasteiger charge is -2.09. The van der Waals surface area contributed by atoms with Gasteiger partial charge >= 0.3 is 0 Å². The molecule has 24 heteroatoms. The summed E-state index contributed by atoms with van der Waals surface area (Å²) in [7, 11) is 11.3. The molecule has 0 aliphatic heterocycles. The van der Waals surface area contributed by atoms with Crippen LogP contribution >= 0.6 is 125 Å². The number of nitrogens with one attached hydrogen (secondary N) is 1. The number of fused-ring (bicyclic) bond motifs is 4. The number of ether oxygens (including phenoxy) is 7. The molecule has 0 radical (unpaired) electrons. The third kappa shape index (κ3) is 22.9. The van der Waals surface area contributed by atoms with E-state index in [0.29, 0.717) is 90.9 Å². The van der Waals surface area contributed by atoms with Crippen molar-refractivity contribution in [2.75, 3.05) is 55.1 Å². The molecule has 100 heavy (non-hydrogen) atoms. The number of nitrogens with zero attached hydrogens (tertiary/aromatic N) is 4. The summed E-state index contributed by atoms with van der Waals surface area (Å²) in [5.41, 5.74) is 9.00. The van der Waals surface area contributed by atoms with E-state index in [1.165, 1.54) is 22.0 Å². The molecule has 0 fully saturated rings. The minimum Gasteiger partial charge on any atom is -0.496 e. The molecule has 4 heterocycles. The number of carbonyl (C=O) groups excluding carboxylic acids is 4. The summed E-state index contributed by atoms with van der Waals surface area (Å²) in [6, 6.07) is 47.1. The summed E-state index contributed by atoms with van der Waals surface area (Å²) in [6.07, 6.45) is 5.94. The summed E-state index contributed by atoms with van der Waals surface area (Å²) in [5, 5.41) is 6.76. The highest BCUT2D eigenvalue weighted by atomic mass is 127. The van der Waals surface area contributed by atoms with Gasteiger partial charge in [-0.2, -0.15) is 0 Å². The second-order valence-electron chi connectivity index (χ2n) is 22.4. The average molecular weight is 1780 g/mol. The normalized spacial score (nSPS) is 10.7. The number of amides is 1. The Kier molecular flexibility index (Phi) is 30.5. The third-order valence-corrected chi connectivity index (χ3v) is 21.5. The van der Waals surface area contributed by atoms with E-state index in [-0.39, 0.29) is 30.7 Å². The number of methoxy groups -OCH3 is 7. The van der Waals surface area contributed by atoms with Crippen molar-refractivity contribution in [3.63, 3.8) is 0 Å². The number of anilines is 1. The van der Waals surface area contributed by atoms with E-state index in [4.69, 9.17) is 44.8 Å². The van der Waals surface area contributed by atoms with Crippen molar-refractivity contribution in [3.05, 3.63) is 204 Å². The SMILES string of the molecule is C.COc1cc(CCC(=O)Nc2nc3ccc(Cl)cc3s2)ccc1C.COc1ccc(CC(=O)Cc2nc3ccc(I)cc3s2)cc1OC.COc1ccc(CCC(=O)Cc2nc3ccc(I)cc3s2)cc1OC.COc1ccc(CCCC(=O)Cc2nc3ccc(I)cc3s2)cc1OC. The fourth-order valence-corrected chi connectivity index (χ4v) is 16.7. The number of thiazole rings is 4. The summed E-state index contributed by atoms with van der Waals surface area (Å²) in [5.74, 6) is 5.48. The third-order valence-electron chi connectivity index (χ3n) is 15.3. The minimum absolute atomic E-state index is 0. The molecule has 0 spiro atoms. The van der Waals surface area contributed by atoms with E-state index in [2.05, 4.69) is 111 Å². The van der Waals surface area contributed by atoms with Gasteiger partial charge in [0.15, 0.2) is 39.6 Å². The molecule has 4 aromatic heterocycles. The number of Topliss-reactive ketones (excluding diaryl/α,β-unsaturated/α-hetero) is 3. The molecule has 1 N–H and O–H groups in total. The van der Waals surface area contributed by atoms with Crippen LogP contribution in [0.3, 0.4) is 0 Å². The van der Waals surface area contributed by atoms with Gasteiger partial charge < -0.3 is 38.5 Å². The topological polar surface area (TPSA) is 196 Å². The highest BCUT2D eigenvalue weighted by molar-refractivity contribution is 14.1. The molecule has 1 amide bonds. The minimum atomic E-state index is -0.0558. The van der Waals surface area contributed by atoms with Crippen molar-refractivity contribution < 1.29 is 52.3 Å². The number of aryl methyl sites for hydroxylation is 4. The molecule has 0 aliphatic carbocycles. The standard InChI is InChI=1S/C20H20INO3S.C19H18INO3S.C18H17ClN2O2S.C18H16INO3S.CH4/c1-24-17-9-6-13(10-18(17)25-2)4-3-5-15(23)12-20-22-16-8-7-14(21)11-19(16)26-20;1-23-16-8-4-12(9-17(16)24-2)3-6-14(22)11-19-21-15-7-5-13(20)10-18(15)25-19;1-11-3-4-12(9-15(11)23-2)5-8-17(22)21-18-20-14-7-6-13(19)10-16(14)24-18;1-22-15-6-3-11(8-16(15)23-2)7-13(21)10-18-20-14-5-4-12(19)9-17(14)24-18;/h6-11H,3-5,12H2,1-2H3;4-5,7-10H,3,6,11H2,1-2H3;3-4,6-7,9-10H,5,8H2,1-2H3,(H,20,21,22);3-6,8-9H,7,10H2,1-2H3;1H4. The molecule has 0 unspecified atom stereocenters. The Labute approximate surface area is 644 Å². The molecule has 0 bridgehead atoms. The molecule has 0 aliphatic rings. The number of hydrogen-bond acceptors (Lipinski definition) is 19. The molecule has 8 aromatic carbocycles. The smallest absolute Gasteiger partial charge is 0.226 e. The predicted octanol–water partition coefficient (Wildman–Crippen LogP) is 19.5. The van der Waals surface area contributed by atoms with Gasteiger partial charge in [-0.25, -0.2) is 19.9 Å². The van der Waals surface area contributed by atoms with Crippen molar-refractivity contribution in [1.29, 1.82) is 0 Å². The van der Waals surface area contributed by atoms with Crippen molar-refractivity contribution in [3.8, 4) is 40.2 Å². The quantitative estimate of drug-likeness (QED) is 0.0502. The highest BCUT2D eigenvalue weighted by Crippen LogP contribution is 2.34. The van der Waals surface area contributed by atoms with Gasteiger partial charge in [0.2, 0.25) is 5.91 Å². The van der Waals surface area contributed by atoms with E-state index in [1.54, 1.807) is 89.8 Å². The fourth-order valence-electron chi connectivity index (χ4n) is 10.3. The number of carbonyl (C=O) groups is 4. The zero-order chi connectivity index (χ0) is 70.5. The van der Waals surface area contributed by atoms with Gasteiger partial charge in [-0.1, -0.05) is 60.7 Å². The molecule has 0 saturated heterocycles. The Morgan fingerprint density at radius 1 is 0.390 bits per heavy atom.